The monoisotopic (exact) mass is 358 g/mol. The van der Waals surface area contributed by atoms with E-state index in [1.807, 2.05) is 4.90 Å². The van der Waals surface area contributed by atoms with Crippen molar-refractivity contribution in [2.75, 3.05) is 26.2 Å². The first-order valence-electron chi connectivity index (χ1n) is 8.02. The van der Waals surface area contributed by atoms with Gasteiger partial charge in [0.25, 0.3) is 5.92 Å². The van der Waals surface area contributed by atoms with E-state index in [0.29, 0.717) is 43.3 Å². The van der Waals surface area contributed by atoms with Gasteiger partial charge in [-0.2, -0.15) is 0 Å². The normalized spacial score (nSPS) is 17.8. The lowest BCUT2D eigenvalue weighted by Crippen LogP contribution is -2.40. The molecule has 4 nitrogen and oxygen atoms in total. The van der Waals surface area contributed by atoms with Crippen LogP contribution in [-0.4, -0.2) is 42.2 Å². The second kappa shape index (κ2) is 7.53. The molecule has 0 amide bonds. The summed E-state index contributed by atoms with van der Waals surface area (Å²) in [6.07, 6.45) is -0.237. The highest BCUT2D eigenvalue weighted by Gasteiger charge is 2.33. The van der Waals surface area contributed by atoms with E-state index in [9.17, 15) is 17.6 Å². The number of likely N-dealkylation sites (tertiary alicyclic amines) is 1. The first-order valence-corrected chi connectivity index (χ1v) is 8.02. The van der Waals surface area contributed by atoms with E-state index in [4.69, 9.17) is 9.26 Å². The summed E-state index contributed by atoms with van der Waals surface area (Å²) in [5.74, 6) is -3.98. The van der Waals surface area contributed by atoms with Crippen LogP contribution in [0.25, 0.3) is 11.3 Å². The van der Waals surface area contributed by atoms with E-state index >= 15 is 0 Å². The van der Waals surface area contributed by atoms with E-state index < -0.39 is 17.6 Å². The smallest absolute Gasteiger partial charge is 0.250 e. The van der Waals surface area contributed by atoms with E-state index in [1.54, 1.807) is 6.07 Å². The molecule has 0 spiro atoms. The van der Waals surface area contributed by atoms with Gasteiger partial charge in [-0.25, -0.2) is 17.6 Å². The lowest BCUT2D eigenvalue weighted by molar-refractivity contribution is -0.0593. The van der Waals surface area contributed by atoms with Gasteiger partial charge in [0.2, 0.25) is 0 Å². The van der Waals surface area contributed by atoms with Crippen LogP contribution in [0.3, 0.4) is 0 Å². The number of ether oxygens (including phenoxy) is 1. The highest BCUT2D eigenvalue weighted by atomic mass is 19.3. The van der Waals surface area contributed by atoms with E-state index in [-0.39, 0.29) is 19.4 Å². The third kappa shape index (κ3) is 4.79. The number of aromatic nitrogens is 1. The zero-order chi connectivity index (χ0) is 17.9. The van der Waals surface area contributed by atoms with Crippen molar-refractivity contribution in [3.8, 4) is 11.3 Å². The fraction of sp³-hybridized carbons (Fsp3) is 0.471. The first kappa shape index (κ1) is 17.9. The Morgan fingerprint density at radius 1 is 1.12 bits per heavy atom. The molecule has 0 aliphatic carbocycles. The standard InChI is InChI=1S/C17H18F4N2O2/c18-14-2-1-12(9-15(14)19)16-10-13(25-22-16)11-24-8-7-23-5-3-17(20,21)4-6-23/h1-2,9-10H,3-8,11H2. The van der Waals surface area contributed by atoms with Crippen LogP contribution in [0.5, 0.6) is 0 Å². The number of halogens is 4. The summed E-state index contributed by atoms with van der Waals surface area (Å²) in [4.78, 5) is 1.94. The minimum atomic E-state index is -2.55. The Kier molecular flexibility index (Phi) is 5.39. The third-order valence-corrected chi connectivity index (χ3v) is 4.16. The number of hydrogen-bond acceptors (Lipinski definition) is 4. The quantitative estimate of drug-likeness (QED) is 0.580. The molecule has 25 heavy (non-hydrogen) atoms. The SMILES string of the molecule is Fc1ccc(-c2cc(COCCN3CCC(F)(F)CC3)on2)cc1F. The third-order valence-electron chi connectivity index (χ3n) is 4.16. The van der Waals surface area contributed by atoms with Gasteiger partial charge in [-0.3, -0.25) is 0 Å². The van der Waals surface area contributed by atoms with Gasteiger partial charge in [0.15, 0.2) is 17.4 Å². The Labute approximate surface area is 142 Å². The van der Waals surface area contributed by atoms with Crippen molar-refractivity contribution in [2.45, 2.75) is 25.4 Å². The van der Waals surface area contributed by atoms with Crippen molar-refractivity contribution in [3.05, 3.63) is 41.7 Å². The summed E-state index contributed by atoms with van der Waals surface area (Å²) >= 11 is 0. The highest BCUT2D eigenvalue weighted by molar-refractivity contribution is 5.58. The minimum absolute atomic E-state index is 0.118. The second-order valence-corrected chi connectivity index (χ2v) is 6.06. The van der Waals surface area contributed by atoms with E-state index in [1.165, 1.54) is 6.07 Å². The average Bonchev–Trinajstić information content (AvgIpc) is 3.04. The summed E-state index contributed by atoms with van der Waals surface area (Å²) in [5, 5.41) is 3.80. The number of alkyl halides is 2. The van der Waals surface area contributed by atoms with Crippen LogP contribution in [0.2, 0.25) is 0 Å². The lowest BCUT2D eigenvalue weighted by atomic mass is 10.1. The maximum absolute atomic E-state index is 13.2. The fourth-order valence-corrected chi connectivity index (χ4v) is 2.64. The summed E-state index contributed by atoms with van der Waals surface area (Å²) < 4.78 is 62.9. The number of piperidine rings is 1. The van der Waals surface area contributed by atoms with Crippen molar-refractivity contribution in [2.24, 2.45) is 0 Å². The molecule has 1 fully saturated rings. The highest BCUT2D eigenvalue weighted by Crippen LogP contribution is 2.27. The minimum Gasteiger partial charge on any atom is -0.372 e. The van der Waals surface area contributed by atoms with Gasteiger partial charge < -0.3 is 14.2 Å². The van der Waals surface area contributed by atoms with Crippen LogP contribution in [0.1, 0.15) is 18.6 Å². The van der Waals surface area contributed by atoms with E-state index in [0.717, 1.165) is 12.1 Å². The molecule has 0 radical (unpaired) electrons. The van der Waals surface area contributed by atoms with Crippen LogP contribution in [-0.2, 0) is 11.3 Å². The second-order valence-electron chi connectivity index (χ2n) is 6.06. The predicted molar refractivity (Wildman–Crippen MR) is 82.1 cm³/mol. The van der Waals surface area contributed by atoms with Crippen LogP contribution in [0.4, 0.5) is 17.6 Å². The molecule has 1 aliphatic rings. The van der Waals surface area contributed by atoms with Crippen molar-refractivity contribution in [3.63, 3.8) is 0 Å². The number of rotatable bonds is 6. The van der Waals surface area contributed by atoms with Gasteiger partial charge in [0, 0.05) is 44.1 Å². The van der Waals surface area contributed by atoms with Gasteiger partial charge >= 0.3 is 0 Å². The first-order chi connectivity index (χ1) is 11.9. The topological polar surface area (TPSA) is 38.5 Å². The van der Waals surface area contributed by atoms with Gasteiger partial charge in [0.1, 0.15) is 12.3 Å². The molecule has 3 rings (SSSR count). The Bertz CT molecular complexity index is 710. The molecule has 136 valence electrons. The lowest BCUT2D eigenvalue weighted by Gasteiger charge is -2.31. The van der Waals surface area contributed by atoms with Crippen molar-refractivity contribution in [1.82, 2.24) is 10.1 Å². The number of nitrogens with zero attached hydrogens (tertiary/aromatic N) is 2. The molecule has 1 saturated heterocycles. The van der Waals surface area contributed by atoms with Gasteiger partial charge in [0.05, 0.1) is 6.61 Å². The molecule has 1 aromatic heterocycles. The molecule has 0 atom stereocenters. The zero-order valence-corrected chi connectivity index (χ0v) is 13.5. The van der Waals surface area contributed by atoms with Crippen molar-refractivity contribution >= 4 is 0 Å². The van der Waals surface area contributed by atoms with Gasteiger partial charge in [-0.15, -0.1) is 0 Å². The molecule has 2 aromatic rings. The Morgan fingerprint density at radius 2 is 1.88 bits per heavy atom. The molecule has 1 aliphatic heterocycles. The summed E-state index contributed by atoms with van der Waals surface area (Å²) in [5.41, 5.74) is 0.791. The summed E-state index contributed by atoms with van der Waals surface area (Å²) in [7, 11) is 0. The Hall–Kier alpha value is -1.93. The van der Waals surface area contributed by atoms with Crippen LogP contribution >= 0.6 is 0 Å². The zero-order valence-electron chi connectivity index (χ0n) is 13.5. The molecule has 0 unspecified atom stereocenters. The maximum Gasteiger partial charge on any atom is 0.250 e. The van der Waals surface area contributed by atoms with Crippen molar-refractivity contribution in [1.29, 1.82) is 0 Å². The number of benzene rings is 1. The maximum atomic E-state index is 13.2. The van der Waals surface area contributed by atoms with Gasteiger partial charge in [-0.1, -0.05) is 5.16 Å². The molecular formula is C17H18F4N2O2. The Balaban J connectivity index is 1.44. The molecule has 0 bridgehead atoms. The fourth-order valence-electron chi connectivity index (χ4n) is 2.64. The molecule has 8 heteroatoms. The largest absolute Gasteiger partial charge is 0.372 e. The molecule has 0 N–H and O–H groups in total. The predicted octanol–water partition coefficient (Wildman–Crippen LogP) is 3.87. The van der Waals surface area contributed by atoms with Crippen LogP contribution in [0, 0.1) is 11.6 Å². The van der Waals surface area contributed by atoms with Gasteiger partial charge in [-0.05, 0) is 18.2 Å². The van der Waals surface area contributed by atoms with Crippen molar-refractivity contribution < 1.29 is 26.8 Å². The molecular weight excluding hydrogens is 340 g/mol. The molecule has 2 heterocycles. The molecule has 1 aromatic carbocycles. The van der Waals surface area contributed by atoms with Crippen LogP contribution in [0.15, 0.2) is 28.8 Å². The molecule has 0 saturated carbocycles. The average molecular weight is 358 g/mol. The summed E-state index contributed by atoms with van der Waals surface area (Å²) in [6.45, 7) is 1.84. The Morgan fingerprint density at radius 3 is 2.60 bits per heavy atom. The van der Waals surface area contributed by atoms with Crippen LogP contribution < -0.4 is 0 Å². The van der Waals surface area contributed by atoms with E-state index in [2.05, 4.69) is 5.16 Å². The number of hydrogen-bond donors (Lipinski definition) is 0. The summed E-state index contributed by atoms with van der Waals surface area (Å²) in [6, 6.07) is 5.07.